The average Bonchev–Trinajstić information content (AvgIpc) is 3.44. The number of amides is 1. The van der Waals surface area contributed by atoms with E-state index in [0.717, 1.165) is 37.8 Å². The maximum Gasteiger partial charge on any atom is 0.259 e. The fourth-order valence-corrected chi connectivity index (χ4v) is 4.06. The number of likely N-dealkylation sites (tertiary alicyclic amines) is 1. The molecule has 1 amide bonds. The fourth-order valence-electron chi connectivity index (χ4n) is 4.06. The van der Waals surface area contributed by atoms with Gasteiger partial charge in [-0.3, -0.25) is 4.79 Å². The molecule has 2 fully saturated rings. The molecule has 0 saturated carbocycles. The summed E-state index contributed by atoms with van der Waals surface area (Å²) in [6.45, 7) is 5.04. The van der Waals surface area contributed by atoms with Crippen LogP contribution < -0.4 is 4.90 Å². The number of rotatable bonds is 3. The highest BCUT2D eigenvalue weighted by Crippen LogP contribution is 2.34. The van der Waals surface area contributed by atoms with Gasteiger partial charge in [0.15, 0.2) is 5.82 Å². The van der Waals surface area contributed by atoms with E-state index < -0.39 is 0 Å². The molecule has 0 bridgehead atoms. The first-order valence-corrected chi connectivity index (χ1v) is 8.96. The molecule has 138 valence electrons. The van der Waals surface area contributed by atoms with Crippen molar-refractivity contribution in [1.82, 2.24) is 29.8 Å². The molecule has 9 heteroatoms. The minimum Gasteiger partial charge on any atom is -0.361 e. The van der Waals surface area contributed by atoms with Gasteiger partial charge in [-0.05, 0) is 13.0 Å². The lowest BCUT2D eigenvalue weighted by Crippen LogP contribution is -2.33. The van der Waals surface area contributed by atoms with Crippen molar-refractivity contribution in [2.45, 2.75) is 6.92 Å². The normalized spacial score (nSPS) is 21.7. The molecule has 2 saturated heterocycles. The van der Waals surface area contributed by atoms with Crippen LogP contribution in [0.1, 0.15) is 16.1 Å². The van der Waals surface area contributed by atoms with Crippen molar-refractivity contribution in [3.63, 3.8) is 0 Å². The molecule has 3 aromatic heterocycles. The summed E-state index contributed by atoms with van der Waals surface area (Å²) >= 11 is 0. The molecule has 2 aliphatic heterocycles. The topological polar surface area (TPSA) is 93.2 Å². The number of fused-ring (bicyclic) bond motifs is 1. The second-order valence-electron chi connectivity index (χ2n) is 7.12. The Kier molecular flexibility index (Phi) is 3.66. The Hall–Kier alpha value is -3.23. The van der Waals surface area contributed by atoms with Gasteiger partial charge in [-0.1, -0.05) is 5.16 Å². The fraction of sp³-hybridized carbons (Fsp3) is 0.389. The van der Waals surface area contributed by atoms with Gasteiger partial charge in [0.1, 0.15) is 23.5 Å². The van der Waals surface area contributed by atoms with Crippen LogP contribution in [0.2, 0.25) is 0 Å². The zero-order valence-electron chi connectivity index (χ0n) is 14.9. The highest BCUT2D eigenvalue weighted by molar-refractivity contribution is 5.95. The number of anilines is 1. The lowest BCUT2D eigenvalue weighted by Gasteiger charge is -2.22. The first kappa shape index (κ1) is 16.0. The monoisotopic (exact) mass is 365 g/mol. The Bertz CT molecular complexity index is 954. The molecule has 0 aliphatic carbocycles. The molecule has 0 N–H and O–H groups in total. The molecule has 0 aromatic carbocycles. The summed E-state index contributed by atoms with van der Waals surface area (Å²) in [5.74, 6) is 3.12. The summed E-state index contributed by atoms with van der Waals surface area (Å²) < 4.78 is 6.75. The van der Waals surface area contributed by atoms with Crippen molar-refractivity contribution in [3.05, 3.63) is 48.4 Å². The number of nitrogens with zero attached hydrogens (tertiary/aromatic N) is 7. The zero-order chi connectivity index (χ0) is 18.4. The van der Waals surface area contributed by atoms with Crippen LogP contribution in [0.5, 0.6) is 0 Å². The van der Waals surface area contributed by atoms with Crippen LogP contribution in [0.4, 0.5) is 5.82 Å². The largest absolute Gasteiger partial charge is 0.361 e. The number of carbonyl (C=O) groups is 1. The van der Waals surface area contributed by atoms with Crippen molar-refractivity contribution < 1.29 is 9.32 Å². The molecule has 0 radical (unpaired) electrons. The van der Waals surface area contributed by atoms with Gasteiger partial charge in [0, 0.05) is 56.5 Å². The van der Waals surface area contributed by atoms with Gasteiger partial charge in [-0.15, -0.1) is 0 Å². The van der Waals surface area contributed by atoms with E-state index in [0.29, 0.717) is 23.2 Å². The number of aryl methyl sites for hydroxylation is 1. The first-order chi connectivity index (χ1) is 13.2. The predicted octanol–water partition coefficient (Wildman–Crippen LogP) is 1.17. The average molecular weight is 365 g/mol. The number of hydrogen-bond donors (Lipinski definition) is 0. The third-order valence-electron chi connectivity index (χ3n) is 5.46. The van der Waals surface area contributed by atoms with Crippen LogP contribution in [-0.2, 0) is 0 Å². The van der Waals surface area contributed by atoms with E-state index in [1.54, 1.807) is 24.1 Å². The molecule has 3 aromatic rings. The Labute approximate surface area is 155 Å². The summed E-state index contributed by atoms with van der Waals surface area (Å²) in [5.41, 5.74) is 0.562. The second kappa shape index (κ2) is 6.19. The van der Waals surface area contributed by atoms with Gasteiger partial charge < -0.3 is 14.3 Å². The van der Waals surface area contributed by atoms with Crippen molar-refractivity contribution in [2.75, 3.05) is 31.1 Å². The molecular weight excluding hydrogens is 346 g/mol. The number of carbonyl (C=O) groups excluding carboxylic acids is 1. The highest BCUT2D eigenvalue weighted by atomic mass is 16.5. The van der Waals surface area contributed by atoms with E-state index in [4.69, 9.17) is 4.52 Å². The standard InChI is InChI=1S/C18H19N7O2/c1-12-15(6-22-27-12)18(26)24-9-13-7-23(8-14(13)10-24)16-5-17(20-11-19-16)25-4-2-3-21-25/h2-6,11,13-14H,7-10H2,1H3. The molecule has 5 rings (SSSR count). The van der Waals surface area contributed by atoms with E-state index >= 15 is 0 Å². The van der Waals surface area contributed by atoms with Gasteiger partial charge in [-0.25, -0.2) is 14.6 Å². The molecule has 5 heterocycles. The maximum absolute atomic E-state index is 12.7. The Balaban J connectivity index is 1.28. The third kappa shape index (κ3) is 2.75. The molecule has 2 aliphatic rings. The summed E-state index contributed by atoms with van der Waals surface area (Å²) in [5, 5.41) is 7.94. The van der Waals surface area contributed by atoms with Crippen molar-refractivity contribution in [1.29, 1.82) is 0 Å². The first-order valence-electron chi connectivity index (χ1n) is 8.96. The van der Waals surface area contributed by atoms with E-state index in [2.05, 4.69) is 25.1 Å². The van der Waals surface area contributed by atoms with E-state index in [1.807, 2.05) is 23.2 Å². The van der Waals surface area contributed by atoms with Crippen LogP contribution in [0.25, 0.3) is 5.82 Å². The van der Waals surface area contributed by atoms with Crippen LogP contribution in [0.15, 0.2) is 41.6 Å². The Morgan fingerprint density at radius 3 is 2.59 bits per heavy atom. The van der Waals surface area contributed by atoms with Crippen LogP contribution >= 0.6 is 0 Å². The second-order valence-corrected chi connectivity index (χ2v) is 7.12. The Morgan fingerprint density at radius 1 is 1.15 bits per heavy atom. The summed E-state index contributed by atoms with van der Waals surface area (Å²) in [4.78, 5) is 25.6. The van der Waals surface area contributed by atoms with E-state index in [-0.39, 0.29) is 5.91 Å². The highest BCUT2D eigenvalue weighted by Gasteiger charge is 2.42. The minimum absolute atomic E-state index is 0.0118. The number of aromatic nitrogens is 5. The summed E-state index contributed by atoms with van der Waals surface area (Å²) in [6.07, 6.45) is 6.67. The zero-order valence-corrected chi connectivity index (χ0v) is 14.9. The van der Waals surface area contributed by atoms with Crippen LogP contribution in [0.3, 0.4) is 0 Å². The van der Waals surface area contributed by atoms with Crippen LogP contribution in [0, 0.1) is 18.8 Å². The van der Waals surface area contributed by atoms with E-state index in [9.17, 15) is 4.79 Å². The smallest absolute Gasteiger partial charge is 0.259 e. The SMILES string of the molecule is Cc1oncc1C(=O)N1CC2CN(c3cc(-n4cccn4)ncn3)CC2C1. The van der Waals surface area contributed by atoms with Crippen molar-refractivity contribution >= 4 is 11.7 Å². The third-order valence-corrected chi connectivity index (χ3v) is 5.46. The lowest BCUT2D eigenvalue weighted by molar-refractivity contribution is 0.0781. The van der Waals surface area contributed by atoms with Crippen molar-refractivity contribution in [2.24, 2.45) is 11.8 Å². The Morgan fingerprint density at radius 2 is 1.93 bits per heavy atom. The van der Waals surface area contributed by atoms with Crippen LogP contribution in [-0.4, -0.2) is 61.9 Å². The van der Waals surface area contributed by atoms with E-state index in [1.165, 1.54) is 6.20 Å². The molecule has 9 nitrogen and oxygen atoms in total. The molecular formula is C18H19N7O2. The van der Waals surface area contributed by atoms with Gasteiger partial charge >= 0.3 is 0 Å². The predicted molar refractivity (Wildman–Crippen MR) is 95.5 cm³/mol. The molecule has 27 heavy (non-hydrogen) atoms. The molecule has 2 atom stereocenters. The van der Waals surface area contributed by atoms with Gasteiger partial charge in [0.05, 0.1) is 6.20 Å². The van der Waals surface area contributed by atoms with Gasteiger partial charge in [0.25, 0.3) is 5.91 Å². The minimum atomic E-state index is 0.0118. The lowest BCUT2D eigenvalue weighted by atomic mass is 10.0. The van der Waals surface area contributed by atoms with Crippen molar-refractivity contribution in [3.8, 4) is 5.82 Å². The van der Waals surface area contributed by atoms with Gasteiger partial charge in [0.2, 0.25) is 0 Å². The molecule has 0 spiro atoms. The van der Waals surface area contributed by atoms with Gasteiger partial charge in [-0.2, -0.15) is 5.10 Å². The molecule has 2 unspecified atom stereocenters. The summed E-state index contributed by atoms with van der Waals surface area (Å²) in [7, 11) is 0. The number of hydrogen-bond acceptors (Lipinski definition) is 7. The summed E-state index contributed by atoms with van der Waals surface area (Å²) in [6, 6.07) is 3.82. The maximum atomic E-state index is 12.7. The quantitative estimate of drug-likeness (QED) is 0.688.